The second kappa shape index (κ2) is 4.78. The Morgan fingerprint density at radius 3 is 2.59 bits per heavy atom. The zero-order valence-corrected chi connectivity index (χ0v) is 11.1. The Hall–Kier alpha value is -0.870. The molecule has 0 aliphatic heterocycles. The third-order valence-electron chi connectivity index (χ3n) is 4.12. The number of hydrazine groups is 1. The van der Waals surface area contributed by atoms with Crippen LogP contribution in [0.4, 0.5) is 0 Å². The van der Waals surface area contributed by atoms with Gasteiger partial charge >= 0.3 is 0 Å². The summed E-state index contributed by atoms with van der Waals surface area (Å²) in [7, 11) is 1.95. The Morgan fingerprint density at radius 1 is 1.47 bits per heavy atom. The van der Waals surface area contributed by atoms with Crippen molar-refractivity contribution in [2.24, 2.45) is 24.2 Å². The van der Waals surface area contributed by atoms with Crippen LogP contribution in [0.5, 0.6) is 0 Å². The van der Waals surface area contributed by atoms with Gasteiger partial charge in [-0.2, -0.15) is 5.10 Å². The average molecular weight is 236 g/mol. The Bertz CT molecular complexity index is 359. The molecule has 1 aromatic rings. The molecule has 0 aromatic carbocycles. The number of rotatable bonds is 3. The van der Waals surface area contributed by atoms with Crippen molar-refractivity contribution in [1.82, 2.24) is 15.2 Å². The summed E-state index contributed by atoms with van der Waals surface area (Å²) in [6.45, 7) is 4.72. The average Bonchev–Trinajstić information content (AvgIpc) is 2.68. The summed E-state index contributed by atoms with van der Waals surface area (Å²) in [6.07, 6.45) is 9.05. The minimum Gasteiger partial charge on any atom is -0.275 e. The minimum absolute atomic E-state index is 0.250. The fourth-order valence-electron chi connectivity index (χ4n) is 2.86. The zero-order valence-electron chi connectivity index (χ0n) is 11.1. The highest BCUT2D eigenvalue weighted by atomic mass is 15.3. The van der Waals surface area contributed by atoms with Gasteiger partial charge in [0.2, 0.25) is 0 Å². The molecule has 1 atom stereocenters. The van der Waals surface area contributed by atoms with Gasteiger partial charge in [0.05, 0.1) is 12.2 Å². The van der Waals surface area contributed by atoms with E-state index in [1.807, 2.05) is 17.9 Å². The van der Waals surface area contributed by atoms with Crippen LogP contribution in [0.2, 0.25) is 0 Å². The first-order valence-electron chi connectivity index (χ1n) is 6.46. The largest absolute Gasteiger partial charge is 0.275 e. The Kier molecular flexibility index (Phi) is 3.54. The molecule has 0 saturated heterocycles. The number of hydrogen-bond acceptors (Lipinski definition) is 3. The molecule has 17 heavy (non-hydrogen) atoms. The highest BCUT2D eigenvalue weighted by Crippen LogP contribution is 2.42. The van der Waals surface area contributed by atoms with Crippen LogP contribution in [0.1, 0.15) is 51.1 Å². The van der Waals surface area contributed by atoms with Crippen molar-refractivity contribution in [3.8, 4) is 0 Å². The fourth-order valence-corrected chi connectivity index (χ4v) is 2.86. The van der Waals surface area contributed by atoms with Gasteiger partial charge in [0.15, 0.2) is 0 Å². The zero-order chi connectivity index (χ0) is 12.5. The van der Waals surface area contributed by atoms with Gasteiger partial charge in [0, 0.05) is 18.8 Å². The molecule has 1 saturated carbocycles. The van der Waals surface area contributed by atoms with Crippen LogP contribution in [0.3, 0.4) is 0 Å². The van der Waals surface area contributed by atoms with E-state index in [2.05, 4.69) is 30.6 Å². The molecule has 2 rings (SSSR count). The summed E-state index contributed by atoms with van der Waals surface area (Å²) in [5, 5.41) is 4.23. The smallest absolute Gasteiger partial charge is 0.0538 e. The Balaban J connectivity index is 2.05. The molecule has 1 aromatic heterocycles. The van der Waals surface area contributed by atoms with E-state index in [4.69, 9.17) is 5.84 Å². The lowest BCUT2D eigenvalue weighted by Crippen LogP contribution is -2.36. The number of aryl methyl sites for hydroxylation is 1. The number of nitrogens with two attached hydrogens (primary N) is 1. The predicted molar refractivity (Wildman–Crippen MR) is 69.0 cm³/mol. The van der Waals surface area contributed by atoms with Gasteiger partial charge in [-0.25, -0.2) is 0 Å². The van der Waals surface area contributed by atoms with Gasteiger partial charge in [-0.05, 0) is 37.0 Å². The first-order valence-corrected chi connectivity index (χ1v) is 6.46. The fraction of sp³-hybridized carbons (Fsp3) is 0.769. The standard InChI is InChI=1S/C13H24N4/c1-13(2)6-4-10(5-7-13)12(16-14)11-8-15-17(3)9-11/h8-10,12,16H,4-7,14H2,1-3H3. The lowest BCUT2D eigenvalue weighted by atomic mass is 9.70. The summed E-state index contributed by atoms with van der Waals surface area (Å²) in [5.41, 5.74) is 4.69. The van der Waals surface area contributed by atoms with Crippen molar-refractivity contribution < 1.29 is 0 Å². The molecule has 3 N–H and O–H groups in total. The molecule has 1 aliphatic carbocycles. The van der Waals surface area contributed by atoms with Crippen molar-refractivity contribution in [1.29, 1.82) is 0 Å². The van der Waals surface area contributed by atoms with E-state index in [1.54, 1.807) is 0 Å². The topological polar surface area (TPSA) is 55.9 Å². The quantitative estimate of drug-likeness (QED) is 0.624. The van der Waals surface area contributed by atoms with Crippen LogP contribution in [-0.4, -0.2) is 9.78 Å². The molecule has 1 aliphatic rings. The third kappa shape index (κ3) is 2.87. The van der Waals surface area contributed by atoms with Crippen molar-refractivity contribution in [2.45, 2.75) is 45.6 Å². The molecule has 0 amide bonds. The Morgan fingerprint density at radius 2 is 2.12 bits per heavy atom. The summed E-state index contributed by atoms with van der Waals surface area (Å²) in [5.74, 6) is 6.36. The second-order valence-electron chi connectivity index (χ2n) is 6.09. The van der Waals surface area contributed by atoms with Gasteiger partial charge in [-0.3, -0.25) is 16.0 Å². The molecule has 1 heterocycles. The minimum atomic E-state index is 0.250. The van der Waals surface area contributed by atoms with E-state index < -0.39 is 0 Å². The number of aromatic nitrogens is 2. The molecule has 1 unspecified atom stereocenters. The maximum atomic E-state index is 5.73. The van der Waals surface area contributed by atoms with Crippen molar-refractivity contribution in [3.05, 3.63) is 18.0 Å². The van der Waals surface area contributed by atoms with Gasteiger partial charge in [-0.15, -0.1) is 0 Å². The lowest BCUT2D eigenvalue weighted by Gasteiger charge is -2.37. The predicted octanol–water partition coefficient (Wildman–Crippen LogP) is 2.14. The number of hydrogen-bond donors (Lipinski definition) is 2. The Labute approximate surface area is 104 Å². The molecule has 0 radical (unpaired) electrons. The number of nitrogens with zero attached hydrogens (tertiary/aromatic N) is 2. The molecule has 96 valence electrons. The molecule has 4 heteroatoms. The van der Waals surface area contributed by atoms with E-state index in [9.17, 15) is 0 Å². The monoisotopic (exact) mass is 236 g/mol. The van der Waals surface area contributed by atoms with Crippen molar-refractivity contribution >= 4 is 0 Å². The third-order valence-corrected chi connectivity index (χ3v) is 4.12. The van der Waals surface area contributed by atoms with Gasteiger partial charge in [-0.1, -0.05) is 13.8 Å². The van der Waals surface area contributed by atoms with E-state index in [-0.39, 0.29) is 6.04 Å². The van der Waals surface area contributed by atoms with E-state index in [1.165, 1.54) is 31.2 Å². The first-order chi connectivity index (χ1) is 8.02. The van der Waals surface area contributed by atoms with Crippen molar-refractivity contribution in [2.75, 3.05) is 0 Å². The summed E-state index contributed by atoms with van der Waals surface area (Å²) >= 11 is 0. The summed E-state index contributed by atoms with van der Waals surface area (Å²) in [6, 6.07) is 0.250. The number of nitrogens with one attached hydrogen (secondary N) is 1. The maximum absolute atomic E-state index is 5.73. The van der Waals surface area contributed by atoms with Crippen LogP contribution in [0.15, 0.2) is 12.4 Å². The van der Waals surface area contributed by atoms with Crippen molar-refractivity contribution in [3.63, 3.8) is 0 Å². The van der Waals surface area contributed by atoms with Gasteiger partial charge in [0.25, 0.3) is 0 Å². The molecule has 4 nitrogen and oxygen atoms in total. The van der Waals surface area contributed by atoms with E-state index >= 15 is 0 Å². The summed E-state index contributed by atoms with van der Waals surface area (Å²) in [4.78, 5) is 0. The molecular formula is C13H24N4. The molecule has 1 fully saturated rings. The van der Waals surface area contributed by atoms with Crippen LogP contribution in [-0.2, 0) is 7.05 Å². The SMILES string of the molecule is Cn1cc(C(NN)C2CCC(C)(C)CC2)cn1. The van der Waals surface area contributed by atoms with Crippen LogP contribution in [0, 0.1) is 11.3 Å². The molecule has 0 bridgehead atoms. The van der Waals surface area contributed by atoms with E-state index in [0.717, 1.165) is 0 Å². The highest BCUT2D eigenvalue weighted by molar-refractivity contribution is 5.11. The second-order valence-corrected chi connectivity index (χ2v) is 6.09. The van der Waals surface area contributed by atoms with Gasteiger partial charge in [0.1, 0.15) is 0 Å². The first kappa shape index (κ1) is 12.6. The van der Waals surface area contributed by atoms with Crippen LogP contribution in [0.25, 0.3) is 0 Å². The summed E-state index contributed by atoms with van der Waals surface area (Å²) < 4.78 is 1.84. The molecular weight excluding hydrogens is 212 g/mol. The lowest BCUT2D eigenvalue weighted by molar-refractivity contribution is 0.161. The van der Waals surface area contributed by atoms with E-state index in [0.29, 0.717) is 11.3 Å². The van der Waals surface area contributed by atoms with Crippen LogP contribution < -0.4 is 11.3 Å². The van der Waals surface area contributed by atoms with Gasteiger partial charge < -0.3 is 0 Å². The van der Waals surface area contributed by atoms with Crippen LogP contribution >= 0.6 is 0 Å². The normalized spacial score (nSPS) is 22.6. The highest BCUT2D eigenvalue weighted by Gasteiger charge is 2.32. The molecule has 0 spiro atoms. The maximum Gasteiger partial charge on any atom is 0.0538 e.